The normalized spacial score (nSPS) is 24.7. The summed E-state index contributed by atoms with van der Waals surface area (Å²) in [5, 5.41) is 45.9. The summed E-state index contributed by atoms with van der Waals surface area (Å²) in [6, 6.07) is 16.1. The number of aliphatic hydroxyl groups is 3. The Morgan fingerprint density at radius 1 is 0.985 bits per heavy atom. The molecule has 362 valence electrons. The van der Waals surface area contributed by atoms with Gasteiger partial charge in [0.1, 0.15) is 35.7 Å². The highest BCUT2D eigenvalue weighted by atomic mass is 19.1. The Morgan fingerprint density at radius 2 is 1.76 bits per heavy atom. The average molecular weight is 932 g/mol. The second-order valence-corrected chi connectivity index (χ2v) is 17.2. The molecular formula is C50H62FN3O13. The molecular weight excluding hydrogens is 870 g/mol. The number of non-ortho nitro benzene ring substituents is 1. The van der Waals surface area contributed by atoms with Crippen LogP contribution in [0.15, 0.2) is 96.2 Å². The highest BCUT2D eigenvalue weighted by Gasteiger charge is 2.65. The number of nitro groups is 1. The summed E-state index contributed by atoms with van der Waals surface area (Å²) in [5.74, 6) is -2.21. The monoisotopic (exact) mass is 931 g/mol. The number of nitro benzene ring substituents is 1. The van der Waals surface area contributed by atoms with Crippen LogP contribution in [0.4, 0.5) is 14.9 Å². The molecule has 7 rings (SSSR count). The van der Waals surface area contributed by atoms with Crippen LogP contribution in [0.2, 0.25) is 0 Å². The molecule has 3 N–H and O–H groups in total. The number of benzene rings is 3. The first kappa shape index (κ1) is 49.5. The van der Waals surface area contributed by atoms with Crippen molar-refractivity contribution >= 4 is 17.5 Å². The number of aliphatic hydroxyl groups excluding tert-OH is 3. The molecule has 0 radical (unpaired) electrons. The van der Waals surface area contributed by atoms with Gasteiger partial charge in [0.2, 0.25) is 12.1 Å². The van der Waals surface area contributed by atoms with E-state index in [9.17, 15) is 34.6 Å². The van der Waals surface area contributed by atoms with E-state index < -0.39 is 35.1 Å². The maximum absolute atomic E-state index is 14.8. The highest BCUT2D eigenvalue weighted by molar-refractivity contribution is 6.03. The van der Waals surface area contributed by atoms with Gasteiger partial charge < -0.3 is 48.6 Å². The van der Waals surface area contributed by atoms with Gasteiger partial charge in [-0.1, -0.05) is 48.3 Å². The van der Waals surface area contributed by atoms with Crippen molar-refractivity contribution in [3.8, 4) is 17.2 Å². The van der Waals surface area contributed by atoms with E-state index >= 15 is 0 Å². The summed E-state index contributed by atoms with van der Waals surface area (Å²) in [7, 11) is 0. The predicted octanol–water partition coefficient (Wildman–Crippen LogP) is 7.98. The van der Waals surface area contributed by atoms with Crippen LogP contribution in [-0.2, 0) is 25.7 Å². The molecule has 1 amide bonds. The fourth-order valence-corrected chi connectivity index (χ4v) is 9.93. The Bertz CT molecular complexity index is 2180. The zero-order valence-corrected chi connectivity index (χ0v) is 37.8. The molecule has 0 bridgehead atoms. The maximum Gasteiger partial charge on any atom is 0.415 e. The van der Waals surface area contributed by atoms with Crippen molar-refractivity contribution in [1.82, 2.24) is 4.90 Å². The van der Waals surface area contributed by atoms with Crippen LogP contribution in [-0.4, -0.2) is 108 Å². The van der Waals surface area contributed by atoms with Gasteiger partial charge in [-0.05, 0) is 92.3 Å². The number of fused-ring (bicyclic) bond motifs is 2. The molecule has 0 aromatic heterocycles. The molecule has 1 saturated carbocycles. The number of hydrogen-bond acceptors (Lipinski definition) is 14. The first-order chi connectivity index (χ1) is 32.7. The lowest BCUT2D eigenvalue weighted by Gasteiger charge is -2.59. The Kier molecular flexibility index (Phi) is 17.7. The third kappa shape index (κ3) is 11.8. The number of ether oxygens (including phenoxy) is 6. The SMILES string of the molecule is C=CCO[C@@]12Oc3ccc(OCc4ccccc4F)cc3[C@H]3[C@H](CCCCO)[C@@H](CCCCO)C=C(C(=NOC4CCCCO4)C[C@@H]1N(CCOCCO)C(=O)Oc1ccc([N+](=O)[O-])cc1)[C@H]32. The fraction of sp³-hybridized carbons (Fsp3) is 0.520. The van der Waals surface area contributed by atoms with Crippen LogP contribution < -0.4 is 14.2 Å². The topological polar surface area (TPSA) is 201 Å². The predicted molar refractivity (Wildman–Crippen MR) is 244 cm³/mol. The van der Waals surface area contributed by atoms with Gasteiger partial charge in [-0.15, -0.1) is 6.58 Å². The molecule has 3 aromatic rings. The van der Waals surface area contributed by atoms with Crippen LogP contribution in [0, 0.1) is 33.7 Å². The van der Waals surface area contributed by atoms with Crippen molar-refractivity contribution in [2.75, 3.05) is 52.8 Å². The van der Waals surface area contributed by atoms with Gasteiger partial charge in [0.25, 0.3) is 5.69 Å². The number of allylic oxidation sites excluding steroid dienone is 1. The van der Waals surface area contributed by atoms with Gasteiger partial charge in [-0.25, -0.2) is 9.18 Å². The number of amides is 1. The molecule has 4 aliphatic rings. The van der Waals surface area contributed by atoms with Crippen molar-refractivity contribution in [2.45, 2.75) is 94.9 Å². The summed E-state index contributed by atoms with van der Waals surface area (Å²) >= 11 is 0. The van der Waals surface area contributed by atoms with E-state index in [1.165, 1.54) is 35.2 Å². The van der Waals surface area contributed by atoms with Gasteiger partial charge >= 0.3 is 6.09 Å². The number of oxime groups is 1. The molecule has 2 aliphatic heterocycles. The number of carbonyl (C=O) groups is 1. The van der Waals surface area contributed by atoms with E-state index in [1.54, 1.807) is 36.4 Å². The Balaban J connectivity index is 1.41. The zero-order valence-electron chi connectivity index (χ0n) is 37.8. The van der Waals surface area contributed by atoms with Crippen molar-refractivity contribution in [3.05, 3.63) is 118 Å². The van der Waals surface area contributed by atoms with E-state index in [1.807, 2.05) is 6.07 Å². The average Bonchev–Trinajstić information content (AvgIpc) is 3.34. The van der Waals surface area contributed by atoms with E-state index in [-0.39, 0.29) is 94.2 Å². The minimum absolute atomic E-state index is 0.00587. The lowest BCUT2D eigenvalue weighted by atomic mass is 9.55. The van der Waals surface area contributed by atoms with E-state index in [4.69, 9.17) is 38.4 Å². The first-order valence-corrected chi connectivity index (χ1v) is 23.3. The Hall–Kier alpha value is -5.43. The van der Waals surface area contributed by atoms with Crippen LogP contribution in [0.5, 0.6) is 17.2 Å². The second kappa shape index (κ2) is 24.0. The number of rotatable bonds is 24. The minimum atomic E-state index is -1.65. The third-order valence-electron chi connectivity index (χ3n) is 13.0. The smallest absolute Gasteiger partial charge is 0.415 e. The number of nitrogens with zero attached hydrogens (tertiary/aromatic N) is 3. The molecule has 2 fully saturated rings. The number of unbranched alkanes of at least 4 members (excludes halogenated alkanes) is 2. The van der Waals surface area contributed by atoms with E-state index in [2.05, 4.69) is 12.7 Å². The molecule has 2 aliphatic carbocycles. The van der Waals surface area contributed by atoms with Crippen LogP contribution in [0.25, 0.3) is 0 Å². The quantitative estimate of drug-likeness (QED) is 0.0338. The van der Waals surface area contributed by atoms with Gasteiger partial charge in [0.05, 0.1) is 49.6 Å². The number of carbonyl (C=O) groups excluding carboxylic acids is 1. The molecule has 67 heavy (non-hydrogen) atoms. The van der Waals surface area contributed by atoms with Gasteiger partial charge in [-0.3, -0.25) is 15.0 Å². The van der Waals surface area contributed by atoms with E-state index in [0.717, 1.165) is 36.8 Å². The van der Waals surface area contributed by atoms with Crippen molar-refractivity contribution in [2.24, 2.45) is 22.9 Å². The summed E-state index contributed by atoms with van der Waals surface area (Å²) in [4.78, 5) is 33.5. The largest absolute Gasteiger partial charge is 0.489 e. The molecule has 7 atom stereocenters. The van der Waals surface area contributed by atoms with Crippen LogP contribution in [0.1, 0.15) is 81.3 Å². The summed E-state index contributed by atoms with van der Waals surface area (Å²) < 4.78 is 53.1. The van der Waals surface area contributed by atoms with Gasteiger partial charge in [0, 0.05) is 61.8 Å². The number of halogens is 1. The summed E-state index contributed by atoms with van der Waals surface area (Å²) in [6.07, 6.45) is 8.94. The lowest BCUT2D eigenvalue weighted by Crippen LogP contribution is -2.70. The summed E-state index contributed by atoms with van der Waals surface area (Å²) in [5.41, 5.74) is 2.36. The van der Waals surface area contributed by atoms with Gasteiger partial charge in [-0.2, -0.15) is 0 Å². The zero-order chi connectivity index (χ0) is 47.2. The molecule has 2 heterocycles. The van der Waals surface area contributed by atoms with E-state index in [0.29, 0.717) is 61.5 Å². The first-order valence-electron chi connectivity index (χ1n) is 23.3. The van der Waals surface area contributed by atoms with Gasteiger partial charge in [0.15, 0.2) is 0 Å². The van der Waals surface area contributed by atoms with Crippen molar-refractivity contribution in [1.29, 1.82) is 0 Å². The number of hydrogen-bond donors (Lipinski definition) is 3. The molecule has 1 saturated heterocycles. The van der Waals surface area contributed by atoms with Crippen LogP contribution >= 0.6 is 0 Å². The molecule has 3 aromatic carbocycles. The standard InChI is InChI=1S/C50H62FN3O13/c1-2-26-64-50-45(53(22-28-61-29-25-57)49(58)65-37-18-16-36(17-19-37)54(59)60)32-43(52-67-46-15-7-10-27-62-46)40-30-34(11-5-8-23-55)39(13-6-9-24-56)47(48(40)50)41-31-38(20-21-44(41)66-50)63-33-35-12-3-4-14-42(35)51/h2-4,12,14,16-21,30-31,34,39,45-48,55-57H,1,5-11,13,15,22-29,32-33H2/t34-,39+,45-,46?,47+,48+,50+/m0/s1. The fourth-order valence-electron chi connectivity index (χ4n) is 9.93. The maximum atomic E-state index is 14.8. The molecule has 16 nitrogen and oxygen atoms in total. The third-order valence-corrected chi connectivity index (χ3v) is 13.0. The second-order valence-electron chi connectivity index (χ2n) is 17.2. The lowest BCUT2D eigenvalue weighted by molar-refractivity contribution is -0.384. The summed E-state index contributed by atoms with van der Waals surface area (Å²) in [6.45, 7) is 4.23. The molecule has 17 heteroatoms. The molecule has 0 spiro atoms. The van der Waals surface area contributed by atoms with Crippen LogP contribution in [0.3, 0.4) is 0 Å². The molecule has 1 unspecified atom stereocenters. The Morgan fingerprint density at radius 3 is 2.48 bits per heavy atom. The van der Waals surface area contributed by atoms with Crippen molar-refractivity contribution < 1.29 is 62.7 Å². The Labute approximate surface area is 390 Å². The highest BCUT2D eigenvalue weighted by Crippen LogP contribution is 2.62. The van der Waals surface area contributed by atoms with Crippen molar-refractivity contribution in [3.63, 3.8) is 0 Å². The minimum Gasteiger partial charge on any atom is -0.489 e.